The Morgan fingerprint density at radius 2 is 1.87 bits per heavy atom. The van der Waals surface area contributed by atoms with E-state index in [4.69, 9.17) is 5.26 Å². The number of halogens is 3. The molecule has 0 radical (unpaired) electrons. The number of carbonyl (C=O) groups excluding carboxylic acids is 1. The van der Waals surface area contributed by atoms with Crippen molar-refractivity contribution >= 4 is 11.6 Å². The molecule has 1 amide bonds. The zero-order chi connectivity index (χ0) is 17.1. The zero-order valence-corrected chi connectivity index (χ0v) is 12.2. The van der Waals surface area contributed by atoms with Crippen LogP contribution in [0, 0.1) is 11.3 Å². The Morgan fingerprint density at radius 1 is 1.30 bits per heavy atom. The summed E-state index contributed by atoms with van der Waals surface area (Å²) in [5, 5.41) is 21.1. The summed E-state index contributed by atoms with van der Waals surface area (Å²) in [7, 11) is 0. The van der Waals surface area contributed by atoms with Crippen LogP contribution in [-0.2, 0) is 4.79 Å². The fourth-order valence-electron chi connectivity index (χ4n) is 2.36. The number of aliphatic hydroxyl groups is 1. The molecule has 2 N–H and O–H groups in total. The fourth-order valence-corrected chi connectivity index (χ4v) is 2.36. The van der Waals surface area contributed by atoms with E-state index >= 15 is 0 Å². The van der Waals surface area contributed by atoms with Crippen LogP contribution in [0.4, 0.5) is 18.9 Å². The van der Waals surface area contributed by atoms with Crippen molar-refractivity contribution in [1.82, 2.24) is 4.90 Å². The Bertz CT molecular complexity index is 600. The predicted octanol–water partition coefficient (Wildman–Crippen LogP) is 1.89. The molecule has 2 rings (SSSR count). The van der Waals surface area contributed by atoms with E-state index in [-0.39, 0.29) is 25.5 Å². The topological polar surface area (TPSA) is 76.4 Å². The van der Waals surface area contributed by atoms with Gasteiger partial charge >= 0.3 is 6.18 Å². The highest BCUT2D eigenvalue weighted by Gasteiger charge is 2.54. The monoisotopic (exact) mass is 327 g/mol. The number of alkyl halides is 3. The number of nitrogens with one attached hydrogen (secondary N) is 1. The van der Waals surface area contributed by atoms with Crippen LogP contribution in [0.15, 0.2) is 24.3 Å². The van der Waals surface area contributed by atoms with Crippen LogP contribution in [0.5, 0.6) is 0 Å². The van der Waals surface area contributed by atoms with Crippen LogP contribution in [0.25, 0.3) is 0 Å². The molecule has 1 aromatic carbocycles. The second kappa shape index (κ2) is 6.46. The lowest BCUT2D eigenvalue weighted by molar-refractivity contribution is -0.272. The number of piperidine rings is 1. The molecular formula is C15H16F3N3O2. The van der Waals surface area contributed by atoms with Crippen molar-refractivity contribution in [2.24, 2.45) is 0 Å². The molecule has 23 heavy (non-hydrogen) atoms. The molecule has 1 saturated heterocycles. The molecule has 0 atom stereocenters. The first-order valence-corrected chi connectivity index (χ1v) is 7.06. The van der Waals surface area contributed by atoms with Crippen molar-refractivity contribution in [3.8, 4) is 6.07 Å². The summed E-state index contributed by atoms with van der Waals surface area (Å²) in [6, 6.07) is 8.45. The van der Waals surface area contributed by atoms with Crippen molar-refractivity contribution in [2.75, 3.05) is 25.0 Å². The van der Waals surface area contributed by atoms with Gasteiger partial charge in [-0.15, -0.1) is 0 Å². The predicted molar refractivity (Wildman–Crippen MR) is 76.5 cm³/mol. The van der Waals surface area contributed by atoms with Crippen molar-refractivity contribution in [1.29, 1.82) is 5.26 Å². The number of amides is 1. The average molecular weight is 327 g/mol. The summed E-state index contributed by atoms with van der Waals surface area (Å²) >= 11 is 0. The summed E-state index contributed by atoms with van der Waals surface area (Å²) in [5.41, 5.74) is -1.57. The normalized spacial score (nSPS) is 17.4. The maximum absolute atomic E-state index is 12.7. The van der Waals surface area contributed by atoms with Crippen molar-refractivity contribution in [3.05, 3.63) is 29.8 Å². The van der Waals surface area contributed by atoms with E-state index in [2.05, 4.69) is 5.32 Å². The number of nitriles is 1. The van der Waals surface area contributed by atoms with E-state index in [0.29, 0.717) is 11.3 Å². The van der Waals surface area contributed by atoms with E-state index in [1.807, 2.05) is 6.07 Å². The molecule has 1 aliphatic rings. The number of nitrogens with zero attached hydrogens (tertiary/aromatic N) is 2. The maximum Gasteiger partial charge on any atom is 0.417 e. The quantitative estimate of drug-likeness (QED) is 0.889. The molecule has 1 fully saturated rings. The van der Waals surface area contributed by atoms with Gasteiger partial charge in [0.2, 0.25) is 5.91 Å². The minimum Gasteiger partial charge on any atom is -0.380 e. The van der Waals surface area contributed by atoms with Gasteiger partial charge in [0.15, 0.2) is 5.60 Å². The van der Waals surface area contributed by atoms with Gasteiger partial charge in [-0.05, 0) is 24.3 Å². The molecule has 0 saturated carbocycles. The Labute approximate surface area is 131 Å². The first-order valence-electron chi connectivity index (χ1n) is 7.06. The highest BCUT2D eigenvalue weighted by atomic mass is 19.4. The number of hydrogen-bond donors (Lipinski definition) is 2. The van der Waals surface area contributed by atoms with Crippen molar-refractivity contribution in [2.45, 2.75) is 24.6 Å². The molecule has 1 aliphatic heterocycles. The van der Waals surface area contributed by atoms with E-state index < -0.39 is 24.6 Å². The molecule has 0 unspecified atom stereocenters. The molecule has 0 spiro atoms. The number of benzene rings is 1. The van der Waals surface area contributed by atoms with Crippen LogP contribution in [-0.4, -0.2) is 47.3 Å². The third kappa shape index (κ3) is 3.93. The molecule has 0 aromatic heterocycles. The van der Waals surface area contributed by atoms with Gasteiger partial charge in [0.1, 0.15) is 0 Å². The number of likely N-dealkylation sites (tertiary alicyclic amines) is 1. The Hall–Kier alpha value is -2.27. The number of anilines is 1. The third-order valence-electron chi connectivity index (χ3n) is 3.93. The SMILES string of the molecule is N#Cc1ccc(NCC(=O)N2CCC(O)(C(F)(F)F)CC2)cc1. The lowest BCUT2D eigenvalue weighted by atomic mass is 9.91. The Morgan fingerprint density at radius 3 is 2.35 bits per heavy atom. The second-order valence-corrected chi connectivity index (χ2v) is 5.45. The van der Waals surface area contributed by atoms with Crippen LogP contribution in [0.1, 0.15) is 18.4 Å². The minimum atomic E-state index is -4.68. The standard InChI is InChI=1S/C15H16F3N3O2/c16-15(17,18)14(23)5-7-21(8-6-14)13(22)10-20-12-3-1-11(9-19)2-4-12/h1-4,20,23H,5-8,10H2. The molecule has 5 nitrogen and oxygen atoms in total. The zero-order valence-electron chi connectivity index (χ0n) is 12.2. The summed E-state index contributed by atoms with van der Waals surface area (Å²) in [5.74, 6) is -0.335. The summed E-state index contributed by atoms with van der Waals surface area (Å²) in [4.78, 5) is 13.3. The Balaban J connectivity index is 1.84. The molecule has 0 aliphatic carbocycles. The van der Waals surface area contributed by atoms with Gasteiger partial charge in [-0.1, -0.05) is 0 Å². The summed E-state index contributed by atoms with van der Waals surface area (Å²) in [6.07, 6.45) is -5.71. The highest BCUT2D eigenvalue weighted by Crippen LogP contribution is 2.38. The van der Waals surface area contributed by atoms with Gasteiger partial charge in [0.05, 0.1) is 18.2 Å². The number of hydrogen-bond acceptors (Lipinski definition) is 4. The number of carbonyl (C=O) groups is 1. The highest BCUT2D eigenvalue weighted by molar-refractivity contribution is 5.81. The van der Waals surface area contributed by atoms with E-state index in [1.54, 1.807) is 24.3 Å². The van der Waals surface area contributed by atoms with Crippen molar-refractivity contribution in [3.63, 3.8) is 0 Å². The molecule has 124 valence electrons. The first-order chi connectivity index (χ1) is 10.7. The smallest absolute Gasteiger partial charge is 0.380 e. The third-order valence-corrected chi connectivity index (χ3v) is 3.93. The lowest BCUT2D eigenvalue weighted by Gasteiger charge is -2.39. The number of rotatable bonds is 3. The molecule has 8 heteroatoms. The van der Waals surface area contributed by atoms with E-state index in [1.165, 1.54) is 4.90 Å². The molecule has 1 heterocycles. The van der Waals surface area contributed by atoms with Gasteiger partial charge in [0.25, 0.3) is 0 Å². The van der Waals surface area contributed by atoms with E-state index in [9.17, 15) is 23.1 Å². The van der Waals surface area contributed by atoms with Gasteiger partial charge in [0, 0.05) is 31.6 Å². The first kappa shape index (κ1) is 17.1. The maximum atomic E-state index is 12.7. The van der Waals surface area contributed by atoms with Gasteiger partial charge in [-0.25, -0.2) is 0 Å². The summed E-state index contributed by atoms with van der Waals surface area (Å²) in [6.45, 7) is -0.329. The van der Waals surface area contributed by atoms with Gasteiger partial charge in [-0.2, -0.15) is 18.4 Å². The molecule has 0 bridgehead atoms. The molecule has 1 aromatic rings. The van der Waals surface area contributed by atoms with Crippen LogP contribution >= 0.6 is 0 Å². The van der Waals surface area contributed by atoms with Crippen molar-refractivity contribution < 1.29 is 23.1 Å². The second-order valence-electron chi connectivity index (χ2n) is 5.45. The largest absolute Gasteiger partial charge is 0.417 e. The van der Waals surface area contributed by atoms with Gasteiger partial charge < -0.3 is 15.3 Å². The van der Waals surface area contributed by atoms with Crippen LogP contribution < -0.4 is 5.32 Å². The average Bonchev–Trinajstić information content (AvgIpc) is 2.53. The lowest BCUT2D eigenvalue weighted by Crippen LogP contribution is -2.55. The van der Waals surface area contributed by atoms with Crippen LogP contribution in [0.2, 0.25) is 0 Å². The fraction of sp³-hybridized carbons (Fsp3) is 0.467. The van der Waals surface area contributed by atoms with Gasteiger partial charge in [-0.3, -0.25) is 4.79 Å². The van der Waals surface area contributed by atoms with E-state index in [0.717, 1.165) is 0 Å². The minimum absolute atomic E-state index is 0.0592. The summed E-state index contributed by atoms with van der Waals surface area (Å²) < 4.78 is 38.1. The Kier molecular flexibility index (Phi) is 4.80. The molecular weight excluding hydrogens is 311 g/mol. The van der Waals surface area contributed by atoms with Crippen LogP contribution in [0.3, 0.4) is 0 Å².